The molecule has 0 aromatic carbocycles. The molecule has 0 heterocycles. The number of hydrogen-bond acceptors (Lipinski definition) is 1. The standard InChI is InChI=1S/C22H45N/c1-20(2)18-16-14-12-10-8-6-7-9-11-13-15-17-19-23-22(5)21(3)4/h20-21,23H,5-19H2,1-4H3. The minimum atomic E-state index is 0.560. The summed E-state index contributed by atoms with van der Waals surface area (Å²) in [5.41, 5.74) is 1.19. The van der Waals surface area contributed by atoms with Crippen molar-refractivity contribution < 1.29 is 0 Å². The first-order valence-corrected chi connectivity index (χ1v) is 10.5. The monoisotopic (exact) mass is 323 g/mol. The van der Waals surface area contributed by atoms with Gasteiger partial charge in [0.2, 0.25) is 0 Å². The van der Waals surface area contributed by atoms with E-state index in [2.05, 4.69) is 39.6 Å². The zero-order chi connectivity index (χ0) is 17.3. The smallest absolute Gasteiger partial charge is 0.0143 e. The summed E-state index contributed by atoms with van der Waals surface area (Å²) >= 11 is 0. The lowest BCUT2D eigenvalue weighted by Gasteiger charge is -2.12. The van der Waals surface area contributed by atoms with Crippen molar-refractivity contribution >= 4 is 0 Å². The molecule has 0 fully saturated rings. The second-order valence-electron chi connectivity index (χ2n) is 8.03. The van der Waals surface area contributed by atoms with Crippen molar-refractivity contribution in [2.45, 2.75) is 111 Å². The van der Waals surface area contributed by atoms with Gasteiger partial charge in [-0.05, 0) is 18.3 Å². The highest BCUT2D eigenvalue weighted by Gasteiger charge is 1.98. The predicted octanol–water partition coefficient (Wildman–Crippen LogP) is 7.47. The summed E-state index contributed by atoms with van der Waals surface area (Å²) in [5.74, 6) is 1.45. The molecule has 0 spiro atoms. The Hall–Kier alpha value is -0.460. The molecule has 0 saturated heterocycles. The first-order valence-electron chi connectivity index (χ1n) is 10.5. The van der Waals surface area contributed by atoms with Gasteiger partial charge in [-0.2, -0.15) is 0 Å². The van der Waals surface area contributed by atoms with Gasteiger partial charge in [0, 0.05) is 12.2 Å². The maximum atomic E-state index is 4.05. The molecule has 0 bridgehead atoms. The normalized spacial score (nSPS) is 11.4. The highest BCUT2D eigenvalue weighted by Crippen LogP contribution is 2.14. The molecule has 0 aliphatic carbocycles. The quantitative estimate of drug-likeness (QED) is 0.274. The van der Waals surface area contributed by atoms with Crippen LogP contribution in [0.25, 0.3) is 0 Å². The van der Waals surface area contributed by atoms with Crippen LogP contribution in [0.1, 0.15) is 111 Å². The van der Waals surface area contributed by atoms with Crippen LogP contribution in [0.4, 0.5) is 0 Å². The van der Waals surface area contributed by atoms with E-state index in [4.69, 9.17) is 0 Å². The van der Waals surface area contributed by atoms with E-state index in [0.717, 1.165) is 12.5 Å². The van der Waals surface area contributed by atoms with E-state index in [1.807, 2.05) is 0 Å². The second-order valence-corrected chi connectivity index (χ2v) is 8.03. The Morgan fingerprint density at radius 3 is 1.43 bits per heavy atom. The van der Waals surface area contributed by atoms with Crippen LogP contribution in [0.3, 0.4) is 0 Å². The fourth-order valence-corrected chi connectivity index (χ4v) is 2.90. The maximum Gasteiger partial charge on any atom is 0.0143 e. The number of rotatable bonds is 17. The Bertz CT molecular complexity index is 255. The van der Waals surface area contributed by atoms with Crippen LogP contribution in [0.5, 0.6) is 0 Å². The molecule has 138 valence electrons. The molecule has 0 amide bonds. The van der Waals surface area contributed by atoms with Crippen LogP contribution in [-0.2, 0) is 0 Å². The summed E-state index contributed by atoms with van der Waals surface area (Å²) < 4.78 is 0. The van der Waals surface area contributed by atoms with Crippen LogP contribution in [0.15, 0.2) is 12.3 Å². The molecular formula is C22H45N. The highest BCUT2D eigenvalue weighted by atomic mass is 14.9. The zero-order valence-corrected chi connectivity index (χ0v) is 16.8. The molecule has 0 saturated carbocycles. The lowest BCUT2D eigenvalue weighted by molar-refractivity contribution is 0.502. The van der Waals surface area contributed by atoms with E-state index < -0.39 is 0 Å². The van der Waals surface area contributed by atoms with Gasteiger partial charge in [0.15, 0.2) is 0 Å². The van der Waals surface area contributed by atoms with Gasteiger partial charge in [0.25, 0.3) is 0 Å². The van der Waals surface area contributed by atoms with E-state index in [9.17, 15) is 0 Å². The Morgan fingerprint density at radius 2 is 1.04 bits per heavy atom. The molecule has 1 heteroatoms. The van der Waals surface area contributed by atoms with Crippen LogP contribution >= 0.6 is 0 Å². The summed E-state index contributed by atoms with van der Waals surface area (Å²) in [6.45, 7) is 14.2. The van der Waals surface area contributed by atoms with E-state index in [1.165, 1.54) is 89.2 Å². The summed E-state index contributed by atoms with van der Waals surface area (Å²) in [7, 11) is 0. The van der Waals surface area contributed by atoms with Crippen LogP contribution in [0, 0.1) is 11.8 Å². The summed E-state index contributed by atoms with van der Waals surface area (Å²) in [5, 5.41) is 3.43. The summed E-state index contributed by atoms with van der Waals surface area (Å²) in [6.07, 6.45) is 18.6. The van der Waals surface area contributed by atoms with Crippen molar-refractivity contribution in [2.75, 3.05) is 6.54 Å². The van der Waals surface area contributed by atoms with Gasteiger partial charge in [-0.25, -0.2) is 0 Å². The van der Waals surface area contributed by atoms with Gasteiger partial charge in [0.05, 0.1) is 0 Å². The Morgan fingerprint density at radius 1 is 0.652 bits per heavy atom. The maximum absolute atomic E-state index is 4.05. The van der Waals surface area contributed by atoms with Crippen molar-refractivity contribution in [1.82, 2.24) is 5.32 Å². The first-order chi connectivity index (χ1) is 11.0. The molecule has 0 aliphatic heterocycles. The summed E-state index contributed by atoms with van der Waals surface area (Å²) in [4.78, 5) is 0. The third-order valence-electron chi connectivity index (χ3n) is 4.76. The molecule has 1 N–H and O–H groups in total. The minimum Gasteiger partial charge on any atom is -0.389 e. The summed E-state index contributed by atoms with van der Waals surface area (Å²) in [6, 6.07) is 0. The molecular weight excluding hydrogens is 278 g/mol. The average molecular weight is 324 g/mol. The third kappa shape index (κ3) is 17.7. The SMILES string of the molecule is C=C(NCCCCCCCCCCCCCCC(C)C)C(C)C. The van der Waals surface area contributed by atoms with E-state index in [0.29, 0.717) is 5.92 Å². The fraction of sp³-hybridized carbons (Fsp3) is 0.909. The van der Waals surface area contributed by atoms with E-state index in [1.54, 1.807) is 0 Å². The molecule has 1 nitrogen and oxygen atoms in total. The van der Waals surface area contributed by atoms with Crippen LogP contribution in [0.2, 0.25) is 0 Å². The predicted molar refractivity (Wildman–Crippen MR) is 107 cm³/mol. The first kappa shape index (κ1) is 22.5. The molecule has 0 unspecified atom stereocenters. The lowest BCUT2D eigenvalue weighted by Crippen LogP contribution is -2.17. The van der Waals surface area contributed by atoms with Crippen molar-refractivity contribution in [3.05, 3.63) is 12.3 Å². The third-order valence-corrected chi connectivity index (χ3v) is 4.76. The molecule has 0 radical (unpaired) electrons. The number of allylic oxidation sites excluding steroid dienone is 1. The van der Waals surface area contributed by atoms with Crippen molar-refractivity contribution in [3.63, 3.8) is 0 Å². The number of hydrogen-bond donors (Lipinski definition) is 1. The largest absolute Gasteiger partial charge is 0.389 e. The minimum absolute atomic E-state index is 0.560. The van der Waals surface area contributed by atoms with E-state index in [-0.39, 0.29) is 0 Å². The Kier molecular flexibility index (Phi) is 16.1. The van der Waals surface area contributed by atoms with Gasteiger partial charge >= 0.3 is 0 Å². The van der Waals surface area contributed by atoms with Crippen LogP contribution < -0.4 is 5.32 Å². The Labute approximate surface area is 147 Å². The van der Waals surface area contributed by atoms with Gasteiger partial charge in [-0.3, -0.25) is 0 Å². The number of unbranched alkanes of at least 4 members (excludes halogenated alkanes) is 11. The molecule has 0 aliphatic rings. The van der Waals surface area contributed by atoms with Gasteiger partial charge < -0.3 is 5.32 Å². The molecule has 0 rings (SSSR count). The van der Waals surface area contributed by atoms with Crippen molar-refractivity contribution in [3.8, 4) is 0 Å². The topological polar surface area (TPSA) is 12.0 Å². The molecule has 0 aromatic heterocycles. The molecule has 23 heavy (non-hydrogen) atoms. The second kappa shape index (κ2) is 16.4. The molecule has 0 atom stereocenters. The fourth-order valence-electron chi connectivity index (χ4n) is 2.90. The van der Waals surface area contributed by atoms with E-state index >= 15 is 0 Å². The lowest BCUT2D eigenvalue weighted by atomic mass is 10.0. The zero-order valence-electron chi connectivity index (χ0n) is 16.8. The van der Waals surface area contributed by atoms with Gasteiger partial charge in [-0.15, -0.1) is 0 Å². The van der Waals surface area contributed by atoms with Gasteiger partial charge in [0.1, 0.15) is 0 Å². The van der Waals surface area contributed by atoms with Gasteiger partial charge in [-0.1, -0.05) is 111 Å². The number of nitrogens with one attached hydrogen (secondary N) is 1. The average Bonchev–Trinajstić information content (AvgIpc) is 2.50. The highest BCUT2D eigenvalue weighted by molar-refractivity contribution is 4.93. The Balaban J connectivity index is 3.07. The van der Waals surface area contributed by atoms with Crippen molar-refractivity contribution in [2.24, 2.45) is 11.8 Å². The molecule has 0 aromatic rings. The van der Waals surface area contributed by atoms with Crippen LogP contribution in [-0.4, -0.2) is 6.54 Å². The van der Waals surface area contributed by atoms with Crippen molar-refractivity contribution in [1.29, 1.82) is 0 Å².